The van der Waals surface area contributed by atoms with Crippen LogP contribution in [0.4, 0.5) is 4.39 Å². The van der Waals surface area contributed by atoms with Crippen molar-refractivity contribution in [3.8, 4) is 16.9 Å². The molecule has 0 N–H and O–H groups in total. The molecule has 0 amide bonds. The lowest BCUT2D eigenvalue weighted by atomic mass is 10.0. The Bertz CT molecular complexity index is 1070. The zero-order valence-electron chi connectivity index (χ0n) is 14.7. The van der Waals surface area contributed by atoms with Crippen molar-refractivity contribution in [2.45, 2.75) is 0 Å². The molecule has 0 saturated heterocycles. The number of para-hydroxylation sites is 1. The van der Waals surface area contributed by atoms with E-state index in [1.54, 1.807) is 30.3 Å². The second-order valence-electron chi connectivity index (χ2n) is 5.52. The Morgan fingerprint density at radius 3 is 2.25 bits per heavy atom. The molecule has 0 unspecified atom stereocenters. The lowest BCUT2D eigenvalue weighted by molar-refractivity contribution is 0.0549. The molecule has 0 aliphatic heterocycles. The van der Waals surface area contributed by atoms with Crippen molar-refractivity contribution in [1.29, 1.82) is 0 Å². The van der Waals surface area contributed by atoms with E-state index < -0.39 is 17.8 Å². The van der Waals surface area contributed by atoms with Gasteiger partial charge in [-0.05, 0) is 24.3 Å². The molecule has 1 aromatic heterocycles. The molecule has 0 bridgehead atoms. The Kier molecular flexibility index (Phi) is 5.67. The molecule has 0 radical (unpaired) electrons. The zero-order chi connectivity index (χ0) is 20.4. The van der Waals surface area contributed by atoms with Crippen LogP contribution in [-0.4, -0.2) is 35.9 Å². The molecule has 0 fully saturated rings. The normalized spacial score (nSPS) is 10.6. The third-order valence-corrected chi connectivity index (χ3v) is 4.62. The van der Waals surface area contributed by atoms with E-state index in [0.717, 1.165) is 20.3 Å². The minimum absolute atomic E-state index is 0.0384. The Hall–Kier alpha value is -2.90. The van der Waals surface area contributed by atoms with Crippen LogP contribution in [0.15, 0.2) is 42.5 Å². The second-order valence-corrected chi connectivity index (χ2v) is 6.31. The summed E-state index contributed by atoms with van der Waals surface area (Å²) in [5, 5.41) is 4.04. The van der Waals surface area contributed by atoms with E-state index in [1.165, 1.54) is 10.7 Å². The number of esters is 2. The Morgan fingerprint density at radius 2 is 1.64 bits per heavy atom. The fraction of sp³-hybridized carbons (Fsp3) is 0.105. The second kappa shape index (κ2) is 8.00. The van der Waals surface area contributed by atoms with E-state index in [1.807, 2.05) is 0 Å². The first-order chi connectivity index (χ1) is 13.4. The molecular formula is C19H13Cl2FN2O4. The molecule has 144 valence electrons. The van der Waals surface area contributed by atoms with Crippen molar-refractivity contribution < 1.29 is 23.5 Å². The minimum atomic E-state index is -0.881. The van der Waals surface area contributed by atoms with Gasteiger partial charge in [-0.15, -0.1) is 0 Å². The van der Waals surface area contributed by atoms with Crippen LogP contribution in [0.3, 0.4) is 0 Å². The summed E-state index contributed by atoms with van der Waals surface area (Å²) in [5.74, 6) is -2.48. The first-order valence-electron chi connectivity index (χ1n) is 7.89. The fourth-order valence-electron chi connectivity index (χ4n) is 2.67. The SMILES string of the molecule is COC(=O)c1c(-c2c(Cl)ccc(F)c2Cl)nn(-c2ccccc2)c1C(=O)OC. The number of carbonyl (C=O) groups is 2. The Morgan fingerprint density at radius 1 is 1.00 bits per heavy atom. The van der Waals surface area contributed by atoms with Gasteiger partial charge in [0.1, 0.15) is 17.1 Å². The summed E-state index contributed by atoms with van der Waals surface area (Å²) in [7, 11) is 2.30. The van der Waals surface area contributed by atoms with Crippen molar-refractivity contribution in [1.82, 2.24) is 9.78 Å². The number of hydrogen-bond acceptors (Lipinski definition) is 5. The lowest BCUT2D eigenvalue weighted by Gasteiger charge is -2.08. The molecule has 0 spiro atoms. The van der Waals surface area contributed by atoms with Crippen molar-refractivity contribution in [2.24, 2.45) is 0 Å². The van der Waals surface area contributed by atoms with Crippen LogP contribution in [0.2, 0.25) is 10.0 Å². The van der Waals surface area contributed by atoms with Crippen LogP contribution in [0.25, 0.3) is 16.9 Å². The number of hydrogen-bond donors (Lipinski definition) is 0. The highest BCUT2D eigenvalue weighted by atomic mass is 35.5. The van der Waals surface area contributed by atoms with Gasteiger partial charge in [0.25, 0.3) is 0 Å². The summed E-state index contributed by atoms with van der Waals surface area (Å²) >= 11 is 12.3. The largest absolute Gasteiger partial charge is 0.465 e. The minimum Gasteiger partial charge on any atom is -0.465 e. The molecule has 3 aromatic rings. The van der Waals surface area contributed by atoms with Crippen LogP contribution in [-0.2, 0) is 9.47 Å². The van der Waals surface area contributed by atoms with Gasteiger partial charge in [-0.3, -0.25) is 0 Å². The molecule has 0 aliphatic rings. The molecule has 2 aromatic carbocycles. The molecule has 3 rings (SSSR count). The van der Waals surface area contributed by atoms with E-state index in [-0.39, 0.29) is 32.6 Å². The number of carbonyl (C=O) groups excluding carboxylic acids is 2. The summed E-state index contributed by atoms with van der Waals surface area (Å²) in [5.41, 5.74) is -0.128. The molecular weight excluding hydrogens is 410 g/mol. The number of rotatable bonds is 4. The summed E-state index contributed by atoms with van der Waals surface area (Å²) < 4.78 is 24.9. The predicted octanol–water partition coefficient (Wildman–Crippen LogP) is 4.56. The number of halogens is 3. The zero-order valence-corrected chi connectivity index (χ0v) is 16.2. The smallest absolute Gasteiger partial charge is 0.357 e. The van der Waals surface area contributed by atoms with Crippen LogP contribution < -0.4 is 0 Å². The van der Waals surface area contributed by atoms with E-state index in [0.29, 0.717) is 5.69 Å². The van der Waals surface area contributed by atoms with E-state index >= 15 is 0 Å². The first kappa shape index (κ1) is 19.9. The van der Waals surface area contributed by atoms with Gasteiger partial charge in [-0.1, -0.05) is 41.4 Å². The summed E-state index contributed by atoms with van der Waals surface area (Å²) in [6.07, 6.45) is 0. The monoisotopic (exact) mass is 422 g/mol. The summed E-state index contributed by atoms with van der Waals surface area (Å²) in [6, 6.07) is 10.9. The van der Waals surface area contributed by atoms with Crippen LogP contribution >= 0.6 is 23.2 Å². The van der Waals surface area contributed by atoms with Gasteiger partial charge in [0.2, 0.25) is 0 Å². The average molecular weight is 423 g/mol. The summed E-state index contributed by atoms with van der Waals surface area (Å²) in [4.78, 5) is 25.0. The molecule has 0 aliphatic carbocycles. The number of ether oxygens (including phenoxy) is 2. The van der Waals surface area contributed by atoms with Crippen LogP contribution in [0, 0.1) is 5.82 Å². The maximum atomic E-state index is 14.1. The maximum absolute atomic E-state index is 14.1. The molecule has 0 saturated carbocycles. The Balaban J connectivity index is 2.45. The van der Waals surface area contributed by atoms with Crippen molar-refractivity contribution >= 4 is 35.1 Å². The van der Waals surface area contributed by atoms with Gasteiger partial charge in [0, 0.05) is 5.56 Å². The topological polar surface area (TPSA) is 70.4 Å². The van der Waals surface area contributed by atoms with E-state index in [2.05, 4.69) is 5.10 Å². The van der Waals surface area contributed by atoms with E-state index in [4.69, 9.17) is 32.7 Å². The predicted molar refractivity (Wildman–Crippen MR) is 102 cm³/mol. The molecule has 9 heteroatoms. The van der Waals surface area contributed by atoms with Gasteiger partial charge >= 0.3 is 11.9 Å². The van der Waals surface area contributed by atoms with E-state index in [9.17, 15) is 14.0 Å². The Labute approximate surface area is 169 Å². The van der Waals surface area contributed by atoms with Crippen LogP contribution in [0.1, 0.15) is 20.8 Å². The molecule has 6 nitrogen and oxygen atoms in total. The van der Waals surface area contributed by atoms with Gasteiger partial charge in [-0.25, -0.2) is 18.7 Å². The third-order valence-electron chi connectivity index (χ3n) is 3.94. The van der Waals surface area contributed by atoms with Gasteiger partial charge in [0.15, 0.2) is 5.69 Å². The quantitative estimate of drug-likeness (QED) is 0.455. The number of nitrogens with zero attached hydrogens (tertiary/aromatic N) is 2. The van der Waals surface area contributed by atoms with Gasteiger partial charge in [-0.2, -0.15) is 5.10 Å². The van der Waals surface area contributed by atoms with Crippen LogP contribution in [0.5, 0.6) is 0 Å². The van der Waals surface area contributed by atoms with Crippen molar-refractivity contribution in [3.63, 3.8) is 0 Å². The van der Waals surface area contributed by atoms with Gasteiger partial charge < -0.3 is 9.47 Å². The highest BCUT2D eigenvalue weighted by Gasteiger charge is 2.33. The molecule has 28 heavy (non-hydrogen) atoms. The third kappa shape index (κ3) is 3.34. The first-order valence-corrected chi connectivity index (χ1v) is 8.65. The fourth-order valence-corrected chi connectivity index (χ4v) is 3.22. The molecule has 1 heterocycles. The summed E-state index contributed by atoms with van der Waals surface area (Å²) in [6.45, 7) is 0. The lowest BCUT2D eigenvalue weighted by Crippen LogP contribution is -2.15. The van der Waals surface area contributed by atoms with Crippen molar-refractivity contribution in [2.75, 3.05) is 14.2 Å². The highest BCUT2D eigenvalue weighted by Crippen LogP contribution is 2.39. The van der Waals surface area contributed by atoms with Crippen molar-refractivity contribution in [3.05, 3.63) is 69.6 Å². The number of benzene rings is 2. The molecule has 0 atom stereocenters. The van der Waals surface area contributed by atoms with Gasteiger partial charge in [0.05, 0.1) is 30.0 Å². The average Bonchev–Trinajstić information content (AvgIpc) is 3.10. The number of aromatic nitrogens is 2. The number of methoxy groups -OCH3 is 2. The highest BCUT2D eigenvalue weighted by molar-refractivity contribution is 6.39. The standard InChI is InChI=1S/C19H13Cl2FN2O4/c1-27-18(25)14-16(13-11(20)8-9-12(22)15(13)21)23-24(17(14)19(26)28-2)10-6-4-3-5-7-10/h3-9H,1-2H3. The maximum Gasteiger partial charge on any atom is 0.357 e.